The van der Waals surface area contributed by atoms with E-state index in [0.717, 1.165) is 22.3 Å². The van der Waals surface area contributed by atoms with E-state index in [-0.39, 0.29) is 18.0 Å². The van der Waals surface area contributed by atoms with Crippen LogP contribution in [0.4, 0.5) is 5.69 Å². The number of pyridine rings is 1. The fourth-order valence-electron chi connectivity index (χ4n) is 2.68. The number of nitrogens with zero attached hydrogens (tertiary/aromatic N) is 3. The average Bonchev–Trinajstić information content (AvgIpc) is 2.79. The molecule has 1 amide bonds. The number of amides is 1. The monoisotopic (exact) mass is 310 g/mol. The van der Waals surface area contributed by atoms with Gasteiger partial charge in [-0.25, -0.2) is 0 Å². The molecular weight excluding hydrogens is 292 g/mol. The van der Waals surface area contributed by atoms with Crippen molar-refractivity contribution in [2.45, 2.75) is 20.4 Å². The number of hydrogen-bond acceptors (Lipinski definition) is 3. The lowest BCUT2D eigenvalue weighted by Crippen LogP contribution is -2.28. The zero-order chi connectivity index (χ0) is 16.6. The second-order valence-electron chi connectivity index (χ2n) is 5.58. The van der Waals surface area contributed by atoms with Crippen molar-refractivity contribution < 1.29 is 4.79 Å². The lowest BCUT2D eigenvalue weighted by molar-refractivity contribution is -0.116. The summed E-state index contributed by atoms with van der Waals surface area (Å²) in [6, 6.07) is 9.35. The summed E-state index contributed by atoms with van der Waals surface area (Å²) in [6.45, 7) is 3.75. The molecule has 3 rings (SSSR count). The van der Waals surface area contributed by atoms with Crippen molar-refractivity contribution in [3.05, 3.63) is 58.1 Å². The number of hydrogen-bond donors (Lipinski definition) is 1. The fraction of sp³-hybridized carbons (Fsp3) is 0.235. The molecule has 1 aromatic carbocycles. The number of benzene rings is 1. The maximum Gasteiger partial charge on any atom is 0.277 e. The molecule has 0 fully saturated rings. The Bertz CT molecular complexity index is 953. The van der Waals surface area contributed by atoms with Crippen LogP contribution in [0.15, 0.2) is 41.3 Å². The number of rotatable bonds is 3. The molecule has 0 bridgehead atoms. The second kappa shape index (κ2) is 5.72. The molecule has 0 saturated heterocycles. The molecule has 2 heterocycles. The molecule has 0 radical (unpaired) electrons. The van der Waals surface area contributed by atoms with E-state index in [2.05, 4.69) is 10.4 Å². The molecule has 2 aromatic heterocycles. The summed E-state index contributed by atoms with van der Waals surface area (Å²) in [5.41, 5.74) is 2.82. The summed E-state index contributed by atoms with van der Waals surface area (Å²) in [4.78, 5) is 24.8. The minimum Gasteiger partial charge on any atom is -0.324 e. The second-order valence-corrected chi connectivity index (χ2v) is 5.58. The van der Waals surface area contributed by atoms with Crippen LogP contribution in [0.5, 0.6) is 0 Å². The van der Waals surface area contributed by atoms with Crippen molar-refractivity contribution in [2.75, 3.05) is 5.32 Å². The Morgan fingerprint density at radius 2 is 1.96 bits per heavy atom. The predicted molar refractivity (Wildman–Crippen MR) is 89.5 cm³/mol. The molecule has 0 unspecified atom stereocenters. The largest absolute Gasteiger partial charge is 0.324 e. The van der Waals surface area contributed by atoms with Gasteiger partial charge in [-0.2, -0.15) is 5.10 Å². The predicted octanol–water partition coefficient (Wildman–Crippen LogP) is 1.99. The van der Waals surface area contributed by atoms with Crippen LogP contribution in [-0.2, 0) is 18.4 Å². The van der Waals surface area contributed by atoms with Gasteiger partial charge >= 0.3 is 0 Å². The van der Waals surface area contributed by atoms with Crippen molar-refractivity contribution in [1.82, 2.24) is 14.3 Å². The van der Waals surface area contributed by atoms with Crippen molar-refractivity contribution in [2.24, 2.45) is 7.05 Å². The molecule has 3 aromatic rings. The number of fused-ring (bicyclic) bond motifs is 1. The number of aryl methyl sites for hydroxylation is 3. The van der Waals surface area contributed by atoms with Crippen LogP contribution in [0.2, 0.25) is 0 Å². The average molecular weight is 310 g/mol. The smallest absolute Gasteiger partial charge is 0.277 e. The molecule has 1 N–H and O–H groups in total. The van der Waals surface area contributed by atoms with E-state index in [9.17, 15) is 9.59 Å². The van der Waals surface area contributed by atoms with Gasteiger partial charge in [0.1, 0.15) is 12.1 Å². The lowest BCUT2D eigenvalue weighted by Gasteiger charge is -2.09. The molecule has 0 spiro atoms. The van der Waals surface area contributed by atoms with Gasteiger partial charge in [0.05, 0.1) is 5.69 Å². The minimum absolute atomic E-state index is 0.0344. The first-order valence-corrected chi connectivity index (χ1v) is 7.35. The van der Waals surface area contributed by atoms with Crippen molar-refractivity contribution in [3.8, 4) is 0 Å². The van der Waals surface area contributed by atoms with E-state index < -0.39 is 0 Å². The molecule has 0 aliphatic carbocycles. The highest BCUT2D eigenvalue weighted by molar-refractivity contribution is 5.91. The number of carbonyl (C=O) groups excluding carboxylic acids is 1. The standard InChI is InChI=1S/C17H18N4O2/c1-11-6-4-5-7-14(11)18-15(22)10-21-9-8-13-12(2)19-20(3)16(13)17(21)23/h4-9H,10H2,1-3H3,(H,18,22). The van der Waals surface area contributed by atoms with Crippen LogP contribution in [0.3, 0.4) is 0 Å². The van der Waals surface area contributed by atoms with Crippen LogP contribution in [-0.4, -0.2) is 20.3 Å². The summed E-state index contributed by atoms with van der Waals surface area (Å²) >= 11 is 0. The first-order chi connectivity index (χ1) is 11.0. The highest BCUT2D eigenvalue weighted by atomic mass is 16.2. The molecule has 0 aliphatic rings. The van der Waals surface area contributed by atoms with E-state index in [1.165, 1.54) is 4.57 Å². The van der Waals surface area contributed by atoms with Gasteiger partial charge < -0.3 is 9.88 Å². The van der Waals surface area contributed by atoms with Gasteiger partial charge in [-0.1, -0.05) is 18.2 Å². The lowest BCUT2D eigenvalue weighted by atomic mass is 10.2. The maximum absolute atomic E-state index is 12.5. The van der Waals surface area contributed by atoms with Crippen molar-refractivity contribution in [1.29, 1.82) is 0 Å². The Kier molecular flexibility index (Phi) is 3.73. The van der Waals surface area contributed by atoms with Crippen LogP contribution in [0, 0.1) is 13.8 Å². The number of nitrogens with one attached hydrogen (secondary N) is 1. The zero-order valence-electron chi connectivity index (χ0n) is 13.3. The topological polar surface area (TPSA) is 68.9 Å². The van der Waals surface area contributed by atoms with E-state index in [4.69, 9.17) is 0 Å². The third-order valence-corrected chi connectivity index (χ3v) is 3.89. The van der Waals surface area contributed by atoms with Crippen LogP contribution in [0.1, 0.15) is 11.3 Å². The van der Waals surface area contributed by atoms with E-state index in [1.54, 1.807) is 17.9 Å². The van der Waals surface area contributed by atoms with Crippen molar-refractivity contribution in [3.63, 3.8) is 0 Å². The Balaban J connectivity index is 1.88. The summed E-state index contributed by atoms with van der Waals surface area (Å²) in [5.74, 6) is -0.236. The van der Waals surface area contributed by atoms with E-state index in [1.807, 2.05) is 44.2 Å². The molecular formula is C17H18N4O2. The van der Waals surface area contributed by atoms with Gasteiger partial charge in [-0.3, -0.25) is 14.3 Å². The fourth-order valence-corrected chi connectivity index (χ4v) is 2.68. The highest BCUT2D eigenvalue weighted by Crippen LogP contribution is 2.14. The number of para-hydroxylation sites is 1. The molecule has 6 nitrogen and oxygen atoms in total. The Labute approximate surface area is 133 Å². The Morgan fingerprint density at radius 3 is 2.70 bits per heavy atom. The normalized spacial score (nSPS) is 10.9. The maximum atomic E-state index is 12.5. The molecule has 118 valence electrons. The SMILES string of the molecule is Cc1ccccc1NC(=O)Cn1ccc2c(C)nn(C)c2c1=O. The molecule has 23 heavy (non-hydrogen) atoms. The minimum atomic E-state index is -0.236. The number of aromatic nitrogens is 3. The van der Waals surface area contributed by atoms with Crippen molar-refractivity contribution >= 4 is 22.5 Å². The summed E-state index contributed by atoms with van der Waals surface area (Å²) in [5, 5.41) is 7.90. The van der Waals surface area contributed by atoms with Gasteiger partial charge in [-0.05, 0) is 31.5 Å². The van der Waals surface area contributed by atoms with Crippen LogP contribution in [0.25, 0.3) is 10.9 Å². The van der Waals surface area contributed by atoms with Gasteiger partial charge in [0.2, 0.25) is 5.91 Å². The van der Waals surface area contributed by atoms with Crippen LogP contribution < -0.4 is 10.9 Å². The molecule has 0 atom stereocenters. The Hall–Kier alpha value is -2.89. The van der Waals surface area contributed by atoms with Crippen LogP contribution >= 0.6 is 0 Å². The highest BCUT2D eigenvalue weighted by Gasteiger charge is 2.13. The third kappa shape index (κ3) is 2.75. The quantitative estimate of drug-likeness (QED) is 0.804. The summed E-state index contributed by atoms with van der Waals surface area (Å²) < 4.78 is 2.96. The third-order valence-electron chi connectivity index (χ3n) is 3.89. The van der Waals surface area contributed by atoms with Gasteiger partial charge in [0, 0.05) is 24.3 Å². The number of carbonyl (C=O) groups is 1. The molecule has 0 aliphatic heterocycles. The molecule has 6 heteroatoms. The summed E-state index contributed by atoms with van der Waals surface area (Å²) in [6.07, 6.45) is 1.64. The first-order valence-electron chi connectivity index (χ1n) is 7.35. The first kappa shape index (κ1) is 15.0. The van der Waals surface area contributed by atoms with E-state index in [0.29, 0.717) is 5.52 Å². The Morgan fingerprint density at radius 1 is 1.22 bits per heavy atom. The number of anilines is 1. The van der Waals surface area contributed by atoms with Gasteiger partial charge in [-0.15, -0.1) is 0 Å². The van der Waals surface area contributed by atoms with Gasteiger partial charge in [0.25, 0.3) is 5.56 Å². The summed E-state index contributed by atoms with van der Waals surface area (Å²) in [7, 11) is 1.73. The zero-order valence-corrected chi connectivity index (χ0v) is 13.3. The van der Waals surface area contributed by atoms with Gasteiger partial charge in [0.15, 0.2) is 0 Å². The molecule has 0 saturated carbocycles. The van der Waals surface area contributed by atoms with E-state index >= 15 is 0 Å².